The zero-order chi connectivity index (χ0) is 12.3. The second-order valence-corrected chi connectivity index (χ2v) is 4.67. The van der Waals surface area contributed by atoms with Crippen molar-refractivity contribution in [3.05, 3.63) is 42.2 Å². The van der Waals surface area contributed by atoms with Crippen LogP contribution in [0.5, 0.6) is 0 Å². The van der Waals surface area contributed by atoms with Gasteiger partial charge in [0.25, 0.3) is 0 Å². The van der Waals surface area contributed by atoms with Crippen LogP contribution in [0.1, 0.15) is 5.56 Å². The molecular weight excluding hydrogens is 231 g/mol. The van der Waals surface area contributed by atoms with Crippen LogP contribution in [0.25, 0.3) is 0 Å². The predicted octanol–water partition coefficient (Wildman–Crippen LogP) is 2.09. The molecule has 0 saturated heterocycles. The van der Waals surface area contributed by atoms with Gasteiger partial charge in [-0.25, -0.2) is 4.98 Å². The molecule has 0 aromatic carbocycles. The van der Waals surface area contributed by atoms with Crippen molar-refractivity contribution in [1.29, 1.82) is 0 Å². The minimum absolute atomic E-state index is 0.211. The summed E-state index contributed by atoms with van der Waals surface area (Å²) in [6, 6.07) is 3.52. The second-order valence-electron chi connectivity index (χ2n) is 4.67. The summed E-state index contributed by atoms with van der Waals surface area (Å²) in [5, 5.41) is 0. The molecule has 4 heterocycles. The molecule has 18 heavy (non-hydrogen) atoms. The summed E-state index contributed by atoms with van der Waals surface area (Å²) < 4.78 is 13.2. The van der Waals surface area contributed by atoms with Gasteiger partial charge in [0.15, 0.2) is 0 Å². The lowest BCUT2D eigenvalue weighted by Gasteiger charge is -2.23. The van der Waals surface area contributed by atoms with E-state index in [1.165, 1.54) is 6.07 Å². The molecule has 4 nitrogen and oxygen atoms in total. The van der Waals surface area contributed by atoms with Crippen molar-refractivity contribution < 1.29 is 4.39 Å². The summed E-state index contributed by atoms with van der Waals surface area (Å²) in [7, 11) is 2.04. The van der Waals surface area contributed by atoms with Gasteiger partial charge in [-0.2, -0.15) is 4.39 Å². The van der Waals surface area contributed by atoms with E-state index in [-0.39, 0.29) is 6.17 Å². The molecule has 0 amide bonds. The topological polar surface area (TPSA) is 32.3 Å². The molecule has 2 aromatic rings. The van der Waals surface area contributed by atoms with Gasteiger partial charge in [0.1, 0.15) is 6.17 Å². The van der Waals surface area contributed by atoms with E-state index in [0.717, 1.165) is 29.0 Å². The van der Waals surface area contributed by atoms with Crippen LogP contribution in [0.4, 0.5) is 21.5 Å². The monoisotopic (exact) mass is 242 g/mol. The number of anilines is 3. The summed E-state index contributed by atoms with van der Waals surface area (Å²) in [6.45, 7) is 0. The van der Waals surface area contributed by atoms with Gasteiger partial charge >= 0.3 is 0 Å². The minimum Gasteiger partial charge on any atom is -0.351 e. The molecule has 0 bridgehead atoms. The fourth-order valence-corrected chi connectivity index (χ4v) is 2.90. The molecule has 1 unspecified atom stereocenters. The molecular formula is C13H11FN4. The van der Waals surface area contributed by atoms with Gasteiger partial charge in [0.05, 0.1) is 29.5 Å². The van der Waals surface area contributed by atoms with E-state index in [1.54, 1.807) is 12.4 Å². The molecule has 0 saturated carbocycles. The van der Waals surface area contributed by atoms with Crippen molar-refractivity contribution >= 4 is 17.1 Å². The number of halogens is 1. The maximum Gasteiger partial charge on any atom is 0.213 e. The highest BCUT2D eigenvalue weighted by Crippen LogP contribution is 2.48. The minimum atomic E-state index is -0.410. The Labute approximate surface area is 104 Å². The average Bonchev–Trinajstić information content (AvgIpc) is 2.87. The van der Waals surface area contributed by atoms with Crippen LogP contribution < -0.4 is 9.80 Å². The third-order valence-electron chi connectivity index (χ3n) is 3.76. The van der Waals surface area contributed by atoms with Crippen LogP contribution >= 0.6 is 0 Å². The summed E-state index contributed by atoms with van der Waals surface area (Å²) >= 11 is 0. The fourth-order valence-electron chi connectivity index (χ4n) is 2.90. The molecule has 0 aliphatic carbocycles. The number of nitrogens with zero attached hydrogens (tertiary/aromatic N) is 4. The fraction of sp³-hybridized carbons (Fsp3) is 0.231. The van der Waals surface area contributed by atoms with Crippen molar-refractivity contribution in [2.24, 2.45) is 0 Å². The van der Waals surface area contributed by atoms with Gasteiger partial charge in [0.2, 0.25) is 5.95 Å². The molecule has 0 radical (unpaired) electrons. The summed E-state index contributed by atoms with van der Waals surface area (Å²) in [4.78, 5) is 12.3. The first-order valence-electron chi connectivity index (χ1n) is 5.86. The van der Waals surface area contributed by atoms with Crippen LogP contribution in [0.15, 0.2) is 30.7 Å². The molecule has 5 heteroatoms. The molecule has 0 spiro atoms. The Bertz CT molecular complexity index is 643. The Hall–Kier alpha value is -2.17. The van der Waals surface area contributed by atoms with E-state index >= 15 is 0 Å². The van der Waals surface area contributed by atoms with Crippen molar-refractivity contribution in [2.75, 3.05) is 16.8 Å². The Morgan fingerprint density at radius 2 is 2.17 bits per heavy atom. The van der Waals surface area contributed by atoms with Crippen molar-refractivity contribution in [3.8, 4) is 0 Å². The summed E-state index contributed by atoms with van der Waals surface area (Å²) in [5.41, 5.74) is 4.24. The number of aromatic nitrogens is 2. The smallest absolute Gasteiger partial charge is 0.213 e. The van der Waals surface area contributed by atoms with Crippen molar-refractivity contribution in [1.82, 2.24) is 9.97 Å². The van der Waals surface area contributed by atoms with Crippen LogP contribution in [-0.4, -0.2) is 23.2 Å². The van der Waals surface area contributed by atoms with Crippen LogP contribution in [0, 0.1) is 5.95 Å². The second kappa shape index (κ2) is 3.19. The Balaban J connectivity index is 1.93. The average molecular weight is 242 g/mol. The maximum absolute atomic E-state index is 13.2. The normalized spacial score (nSPS) is 19.8. The Morgan fingerprint density at radius 3 is 3.06 bits per heavy atom. The Morgan fingerprint density at radius 1 is 1.28 bits per heavy atom. The molecule has 4 rings (SSSR count). The van der Waals surface area contributed by atoms with E-state index in [1.807, 2.05) is 19.3 Å². The van der Waals surface area contributed by atoms with Gasteiger partial charge in [-0.1, -0.05) is 0 Å². The predicted molar refractivity (Wildman–Crippen MR) is 66.5 cm³/mol. The van der Waals surface area contributed by atoms with Gasteiger partial charge in [0, 0.05) is 19.7 Å². The van der Waals surface area contributed by atoms with Gasteiger partial charge < -0.3 is 9.80 Å². The first-order chi connectivity index (χ1) is 8.75. The van der Waals surface area contributed by atoms with E-state index in [4.69, 9.17) is 0 Å². The van der Waals surface area contributed by atoms with Gasteiger partial charge in [-0.3, -0.25) is 4.98 Å². The number of pyridine rings is 2. The standard InChI is InChI=1S/C13H11FN4/c1-17-11-6-15-3-2-9(11)18-10-7-16-12(14)4-8(10)5-13(17)18/h2-4,6-7,13H,5H2,1H3. The molecule has 2 aromatic heterocycles. The molecule has 90 valence electrons. The number of fused-ring (bicyclic) bond motifs is 5. The summed E-state index contributed by atoms with van der Waals surface area (Å²) in [5.74, 6) is -0.410. The number of hydrogen-bond acceptors (Lipinski definition) is 4. The highest BCUT2D eigenvalue weighted by molar-refractivity contribution is 5.85. The van der Waals surface area contributed by atoms with Crippen molar-refractivity contribution in [2.45, 2.75) is 12.6 Å². The Kier molecular flexibility index (Phi) is 1.74. The highest BCUT2D eigenvalue weighted by atomic mass is 19.1. The lowest BCUT2D eigenvalue weighted by molar-refractivity contribution is 0.582. The van der Waals surface area contributed by atoms with Crippen LogP contribution in [0.3, 0.4) is 0 Å². The van der Waals surface area contributed by atoms with E-state index < -0.39 is 5.95 Å². The van der Waals surface area contributed by atoms with E-state index in [0.29, 0.717) is 0 Å². The van der Waals surface area contributed by atoms with E-state index in [9.17, 15) is 4.39 Å². The molecule has 0 N–H and O–H groups in total. The number of likely N-dealkylation sites (N-methyl/N-ethyl adjacent to an activating group) is 1. The van der Waals surface area contributed by atoms with Gasteiger partial charge in [-0.15, -0.1) is 0 Å². The lowest BCUT2D eigenvalue weighted by atomic mass is 10.2. The van der Waals surface area contributed by atoms with Crippen LogP contribution in [-0.2, 0) is 6.42 Å². The highest BCUT2D eigenvalue weighted by Gasteiger charge is 2.40. The molecule has 2 aliphatic rings. The lowest BCUT2D eigenvalue weighted by Crippen LogP contribution is -2.35. The van der Waals surface area contributed by atoms with Crippen LogP contribution in [0.2, 0.25) is 0 Å². The third kappa shape index (κ3) is 1.08. The third-order valence-corrected chi connectivity index (χ3v) is 3.76. The molecule has 1 atom stereocenters. The van der Waals surface area contributed by atoms with Gasteiger partial charge in [-0.05, 0) is 17.7 Å². The largest absolute Gasteiger partial charge is 0.351 e. The zero-order valence-corrected chi connectivity index (χ0v) is 9.84. The first kappa shape index (κ1) is 9.82. The zero-order valence-electron chi connectivity index (χ0n) is 9.84. The van der Waals surface area contributed by atoms with Crippen molar-refractivity contribution in [3.63, 3.8) is 0 Å². The molecule has 2 aliphatic heterocycles. The van der Waals surface area contributed by atoms with E-state index in [2.05, 4.69) is 19.8 Å². The quantitative estimate of drug-likeness (QED) is 0.662. The number of hydrogen-bond donors (Lipinski definition) is 0. The SMILES string of the molecule is CN1c2cnccc2N2c3cnc(F)cc3CC12. The molecule has 0 fully saturated rings. The first-order valence-corrected chi connectivity index (χ1v) is 5.86. The summed E-state index contributed by atoms with van der Waals surface area (Å²) in [6.07, 6.45) is 6.28. The maximum atomic E-state index is 13.2. The number of rotatable bonds is 0.